The largest absolute Gasteiger partial charge is 0.356 e. The molecule has 2 aromatic rings. The summed E-state index contributed by atoms with van der Waals surface area (Å²) >= 11 is 6.31. The average molecular weight is 442 g/mol. The molecule has 2 heterocycles. The summed E-state index contributed by atoms with van der Waals surface area (Å²) < 4.78 is 2.03. The summed E-state index contributed by atoms with van der Waals surface area (Å²) in [5, 5.41) is 5.99. The molecule has 1 aliphatic rings. The van der Waals surface area contributed by atoms with Crippen molar-refractivity contribution in [2.45, 2.75) is 77.0 Å². The lowest BCUT2D eigenvalue weighted by atomic mass is 9.97. The monoisotopic (exact) mass is 441 g/mol. The van der Waals surface area contributed by atoms with E-state index in [1.54, 1.807) is 0 Å². The highest BCUT2D eigenvalue weighted by Gasteiger charge is 2.24. The summed E-state index contributed by atoms with van der Waals surface area (Å²) in [6.45, 7) is 5.57. The van der Waals surface area contributed by atoms with Crippen LogP contribution in [0.1, 0.15) is 58.8 Å². The maximum absolute atomic E-state index is 6.31. The van der Waals surface area contributed by atoms with Crippen LogP contribution in [0.4, 0.5) is 5.82 Å². The topological polar surface area (TPSA) is 46.8 Å². The van der Waals surface area contributed by atoms with Gasteiger partial charge in [0.25, 0.3) is 0 Å². The molecule has 0 radical (unpaired) electrons. The number of fused-ring (bicyclic) bond motifs is 1. The Kier molecular flexibility index (Phi) is 8.33. The smallest absolute Gasteiger partial charge is 0.226 e. The normalized spacial score (nSPS) is 17.8. The third-order valence-electron chi connectivity index (χ3n) is 6.14. The second-order valence-electron chi connectivity index (χ2n) is 8.08. The van der Waals surface area contributed by atoms with Gasteiger partial charge in [-0.25, -0.2) is 4.68 Å². The Bertz CT molecular complexity index is 762. The van der Waals surface area contributed by atoms with E-state index in [0.29, 0.717) is 11.3 Å². The Hall–Kier alpha value is -0.500. The van der Waals surface area contributed by atoms with Gasteiger partial charge in [0.05, 0.1) is 11.6 Å². The zero-order valence-electron chi connectivity index (χ0n) is 17.4. The predicted octanol–water partition coefficient (Wildman–Crippen LogP) is 5.56. The molecule has 2 aromatic heterocycles. The van der Waals surface area contributed by atoms with Gasteiger partial charge in [-0.3, -0.25) is 0 Å². The van der Waals surface area contributed by atoms with E-state index >= 15 is 0 Å². The summed E-state index contributed by atoms with van der Waals surface area (Å²) in [5.74, 6) is 2.88. The van der Waals surface area contributed by atoms with Crippen LogP contribution in [0.25, 0.3) is 11.0 Å². The molecule has 0 saturated heterocycles. The molecule has 5 nitrogen and oxygen atoms in total. The van der Waals surface area contributed by atoms with Crippen molar-refractivity contribution in [1.29, 1.82) is 0 Å². The fraction of sp³-hybridized carbons (Fsp3) is 0.750. The summed E-state index contributed by atoms with van der Waals surface area (Å²) in [7, 11) is 6.03. The number of halogens is 1. The molecule has 28 heavy (non-hydrogen) atoms. The molecule has 0 spiro atoms. The zero-order chi connectivity index (χ0) is 20.1. The summed E-state index contributed by atoms with van der Waals surface area (Å²) in [4.78, 5) is 11.4. The summed E-state index contributed by atoms with van der Waals surface area (Å²) in [6.07, 6.45) is 10.6. The summed E-state index contributed by atoms with van der Waals surface area (Å²) in [6, 6.07) is 0.543. The first-order valence-electron chi connectivity index (χ1n) is 10.6. The van der Waals surface area contributed by atoms with Crippen LogP contribution >= 0.6 is 29.4 Å². The fourth-order valence-electron chi connectivity index (χ4n) is 4.39. The minimum Gasteiger partial charge on any atom is -0.356 e. The van der Waals surface area contributed by atoms with Crippen molar-refractivity contribution >= 4 is 46.3 Å². The third-order valence-corrected chi connectivity index (χ3v) is 8.18. The van der Waals surface area contributed by atoms with Crippen molar-refractivity contribution in [2.24, 2.45) is 5.92 Å². The van der Waals surface area contributed by atoms with Crippen LogP contribution in [0.3, 0.4) is 0 Å². The van der Waals surface area contributed by atoms with Crippen molar-refractivity contribution < 1.29 is 0 Å². The van der Waals surface area contributed by atoms with Crippen molar-refractivity contribution in [1.82, 2.24) is 19.7 Å². The van der Waals surface area contributed by atoms with Crippen LogP contribution in [0, 0.1) is 5.92 Å². The minimum atomic E-state index is 0.316. The van der Waals surface area contributed by atoms with Crippen molar-refractivity contribution in [3.8, 4) is 0 Å². The quantitative estimate of drug-likeness (QED) is 0.357. The fourth-order valence-corrected chi connectivity index (χ4v) is 6.66. The number of hydrogen-bond acceptors (Lipinski definition) is 4. The predicted molar refractivity (Wildman–Crippen MR) is 126 cm³/mol. The lowest BCUT2D eigenvalue weighted by Gasteiger charge is -2.25. The van der Waals surface area contributed by atoms with Gasteiger partial charge in [-0.05, 0) is 54.8 Å². The Morgan fingerprint density at radius 1 is 1.36 bits per heavy atom. The molecule has 0 amide bonds. The third kappa shape index (κ3) is 5.35. The number of nitrogens with zero attached hydrogens (tertiary/aromatic N) is 5. The molecule has 4 atom stereocenters. The first kappa shape index (κ1) is 22.2. The molecule has 3 rings (SSSR count). The first-order chi connectivity index (χ1) is 13.5. The minimum absolute atomic E-state index is 0.316. The van der Waals surface area contributed by atoms with E-state index in [4.69, 9.17) is 11.6 Å². The molecule has 0 N–H and O–H groups in total. The van der Waals surface area contributed by atoms with Crippen LogP contribution in [-0.4, -0.2) is 44.4 Å². The van der Waals surface area contributed by atoms with E-state index < -0.39 is 0 Å². The number of rotatable bonds is 10. The number of hydrogen-bond donors (Lipinski definition) is 0. The van der Waals surface area contributed by atoms with Gasteiger partial charge in [-0.1, -0.05) is 33.1 Å². The second-order valence-corrected chi connectivity index (χ2v) is 11.4. The first-order valence-corrected chi connectivity index (χ1v) is 13.1. The van der Waals surface area contributed by atoms with Crippen molar-refractivity contribution in [3.63, 3.8) is 0 Å². The van der Waals surface area contributed by atoms with Crippen LogP contribution in [0.2, 0.25) is 5.28 Å². The Balaban J connectivity index is 1.75. The van der Waals surface area contributed by atoms with Gasteiger partial charge in [0.1, 0.15) is 5.82 Å². The van der Waals surface area contributed by atoms with E-state index in [1.807, 2.05) is 10.9 Å². The molecule has 1 aliphatic carbocycles. The van der Waals surface area contributed by atoms with Gasteiger partial charge >= 0.3 is 0 Å². The van der Waals surface area contributed by atoms with Crippen LogP contribution < -0.4 is 4.90 Å². The van der Waals surface area contributed by atoms with E-state index in [0.717, 1.165) is 50.0 Å². The SMILES string of the molecule is CCC(CCn1ncc2c(N(C)C3CCCC3)nc(Cl)nc21)CC(C)PCP. The molecular formula is C20H34ClN5P2. The molecule has 8 heteroatoms. The Morgan fingerprint density at radius 2 is 2.11 bits per heavy atom. The van der Waals surface area contributed by atoms with Crippen molar-refractivity contribution in [2.75, 3.05) is 17.9 Å². The summed E-state index contributed by atoms with van der Waals surface area (Å²) in [5.41, 5.74) is 1.68. The maximum atomic E-state index is 6.31. The standard InChI is InChI=1S/C20H34ClN5P2/c1-4-15(11-14(2)28-13-27)9-10-26-19-17(12-22-26)18(23-20(21)24-19)25(3)16-7-5-6-8-16/h12,14-16,28H,4-11,13,27H2,1-3H3. The molecule has 0 bridgehead atoms. The highest BCUT2D eigenvalue weighted by Crippen LogP contribution is 2.32. The highest BCUT2D eigenvalue weighted by molar-refractivity contribution is 7.49. The van der Waals surface area contributed by atoms with E-state index in [1.165, 1.54) is 44.4 Å². The van der Waals surface area contributed by atoms with Gasteiger partial charge in [-0.2, -0.15) is 15.1 Å². The van der Waals surface area contributed by atoms with Crippen LogP contribution in [0.15, 0.2) is 6.20 Å². The second kappa shape index (κ2) is 10.5. The number of aryl methyl sites for hydroxylation is 1. The Morgan fingerprint density at radius 3 is 2.79 bits per heavy atom. The molecule has 1 saturated carbocycles. The molecular weight excluding hydrogens is 408 g/mol. The van der Waals surface area contributed by atoms with Gasteiger partial charge < -0.3 is 4.90 Å². The van der Waals surface area contributed by atoms with E-state index in [9.17, 15) is 0 Å². The van der Waals surface area contributed by atoms with Crippen LogP contribution in [-0.2, 0) is 6.54 Å². The highest BCUT2D eigenvalue weighted by atomic mass is 35.5. The molecule has 1 fully saturated rings. The maximum Gasteiger partial charge on any atom is 0.226 e. The zero-order valence-corrected chi connectivity index (χ0v) is 20.3. The van der Waals surface area contributed by atoms with Gasteiger partial charge in [0.2, 0.25) is 5.28 Å². The number of anilines is 1. The lowest BCUT2D eigenvalue weighted by molar-refractivity contribution is 0.398. The molecule has 156 valence electrons. The van der Waals surface area contributed by atoms with Gasteiger partial charge in [0, 0.05) is 19.6 Å². The molecule has 4 unspecified atom stereocenters. The van der Waals surface area contributed by atoms with Gasteiger partial charge in [-0.15, -0.1) is 17.8 Å². The lowest BCUT2D eigenvalue weighted by Crippen LogP contribution is -2.29. The number of aromatic nitrogens is 4. The van der Waals surface area contributed by atoms with E-state index in [2.05, 4.69) is 50.1 Å². The van der Waals surface area contributed by atoms with Crippen molar-refractivity contribution in [3.05, 3.63) is 11.5 Å². The van der Waals surface area contributed by atoms with Crippen LogP contribution in [0.5, 0.6) is 0 Å². The average Bonchev–Trinajstić information content (AvgIpc) is 3.34. The molecule has 0 aromatic carbocycles. The Labute approximate surface area is 178 Å². The molecule has 0 aliphatic heterocycles. The van der Waals surface area contributed by atoms with Gasteiger partial charge in [0.15, 0.2) is 5.65 Å². The van der Waals surface area contributed by atoms with E-state index in [-0.39, 0.29) is 0 Å².